The highest BCUT2D eigenvalue weighted by molar-refractivity contribution is 6.04. The number of ether oxygens (including phenoxy) is 1. The molecule has 0 fully saturated rings. The Bertz CT molecular complexity index is 578. The van der Waals surface area contributed by atoms with Gasteiger partial charge in [0.2, 0.25) is 0 Å². The van der Waals surface area contributed by atoms with Crippen molar-refractivity contribution >= 4 is 16.9 Å². The predicted octanol–water partition coefficient (Wildman–Crippen LogP) is 2.62. The van der Waals surface area contributed by atoms with Crippen LogP contribution in [0, 0.1) is 0 Å². The predicted molar refractivity (Wildman–Crippen MR) is 69.4 cm³/mol. The minimum Gasteiger partial charge on any atom is -0.456 e. The van der Waals surface area contributed by atoms with Crippen molar-refractivity contribution in [2.45, 2.75) is 33.0 Å². The fourth-order valence-electron chi connectivity index (χ4n) is 1.77. The molecule has 2 N–H and O–H groups in total. The second-order valence-electron chi connectivity index (χ2n) is 5.24. The van der Waals surface area contributed by atoms with Gasteiger partial charge in [0.1, 0.15) is 5.60 Å². The first kappa shape index (κ1) is 12.6. The number of aromatic nitrogens is 1. The number of aliphatic hydroxyl groups excluding tert-OH is 1. The van der Waals surface area contributed by atoms with Gasteiger partial charge >= 0.3 is 5.97 Å². The molecule has 0 spiro atoms. The molecule has 4 nitrogen and oxygen atoms in total. The van der Waals surface area contributed by atoms with Crippen LogP contribution in [0.3, 0.4) is 0 Å². The number of carbonyl (C=O) groups excluding carboxylic acids is 1. The van der Waals surface area contributed by atoms with Gasteiger partial charge in [0.15, 0.2) is 0 Å². The lowest BCUT2D eigenvalue weighted by Gasteiger charge is -2.19. The number of carbonyl (C=O) groups is 1. The van der Waals surface area contributed by atoms with E-state index in [9.17, 15) is 4.79 Å². The molecule has 0 unspecified atom stereocenters. The number of benzene rings is 1. The van der Waals surface area contributed by atoms with Crippen LogP contribution in [-0.4, -0.2) is 21.7 Å². The third-order valence-corrected chi connectivity index (χ3v) is 2.55. The first-order chi connectivity index (χ1) is 8.40. The maximum atomic E-state index is 12.0. The van der Waals surface area contributed by atoms with E-state index in [1.807, 2.05) is 32.9 Å². The van der Waals surface area contributed by atoms with Crippen molar-refractivity contribution < 1.29 is 14.6 Å². The molecule has 0 amide bonds. The van der Waals surface area contributed by atoms with Crippen LogP contribution in [-0.2, 0) is 11.3 Å². The Kier molecular flexibility index (Phi) is 3.13. The van der Waals surface area contributed by atoms with E-state index in [0.717, 1.165) is 16.5 Å². The van der Waals surface area contributed by atoms with Gasteiger partial charge in [0, 0.05) is 17.1 Å². The molecule has 96 valence electrons. The summed E-state index contributed by atoms with van der Waals surface area (Å²) >= 11 is 0. The number of hydrogen-bond acceptors (Lipinski definition) is 3. The van der Waals surface area contributed by atoms with Crippen LogP contribution in [0.1, 0.15) is 36.7 Å². The number of nitrogens with one attached hydrogen (secondary N) is 1. The van der Waals surface area contributed by atoms with Crippen molar-refractivity contribution in [1.82, 2.24) is 4.98 Å². The zero-order valence-corrected chi connectivity index (χ0v) is 10.8. The Morgan fingerprint density at radius 3 is 2.72 bits per heavy atom. The standard InChI is InChI=1S/C14H17NO3/c1-14(2,3)18-13(17)11-7-15-12-6-9(8-16)4-5-10(11)12/h4-7,15-16H,8H2,1-3H3. The normalized spacial score (nSPS) is 11.8. The van der Waals surface area contributed by atoms with E-state index in [4.69, 9.17) is 9.84 Å². The third-order valence-electron chi connectivity index (χ3n) is 2.55. The molecular formula is C14H17NO3. The van der Waals surface area contributed by atoms with E-state index in [0.29, 0.717) is 5.56 Å². The van der Waals surface area contributed by atoms with Gasteiger partial charge in [0.25, 0.3) is 0 Å². The van der Waals surface area contributed by atoms with Gasteiger partial charge in [-0.05, 0) is 32.4 Å². The van der Waals surface area contributed by atoms with Crippen molar-refractivity contribution in [3.63, 3.8) is 0 Å². The Labute approximate surface area is 106 Å². The number of H-pyrrole nitrogens is 1. The number of fused-ring (bicyclic) bond motifs is 1. The topological polar surface area (TPSA) is 62.3 Å². The fourth-order valence-corrected chi connectivity index (χ4v) is 1.77. The van der Waals surface area contributed by atoms with Gasteiger partial charge in [-0.2, -0.15) is 0 Å². The van der Waals surface area contributed by atoms with Crippen molar-refractivity contribution in [2.75, 3.05) is 0 Å². The highest BCUT2D eigenvalue weighted by Gasteiger charge is 2.20. The van der Waals surface area contributed by atoms with Crippen LogP contribution in [0.25, 0.3) is 10.9 Å². The Hall–Kier alpha value is -1.81. The number of aliphatic hydroxyl groups is 1. The SMILES string of the molecule is CC(C)(C)OC(=O)c1c[nH]c2cc(CO)ccc12. The highest BCUT2D eigenvalue weighted by atomic mass is 16.6. The second kappa shape index (κ2) is 4.46. The number of rotatable bonds is 2. The average molecular weight is 247 g/mol. The molecule has 1 aromatic heterocycles. The molecule has 0 saturated carbocycles. The molecule has 0 aliphatic heterocycles. The molecule has 0 atom stereocenters. The summed E-state index contributed by atoms with van der Waals surface area (Å²) in [5, 5.41) is 9.87. The molecule has 0 aliphatic carbocycles. The summed E-state index contributed by atoms with van der Waals surface area (Å²) < 4.78 is 5.34. The van der Waals surface area contributed by atoms with Crippen LogP contribution >= 0.6 is 0 Å². The zero-order valence-electron chi connectivity index (χ0n) is 10.8. The lowest BCUT2D eigenvalue weighted by molar-refractivity contribution is 0.00719. The molecule has 0 radical (unpaired) electrons. The molecule has 0 bridgehead atoms. The lowest BCUT2D eigenvalue weighted by Crippen LogP contribution is -2.23. The third kappa shape index (κ3) is 2.54. The molecule has 2 aromatic rings. The quantitative estimate of drug-likeness (QED) is 0.802. The van der Waals surface area contributed by atoms with Gasteiger partial charge < -0.3 is 14.8 Å². The van der Waals surface area contributed by atoms with Crippen LogP contribution in [0.4, 0.5) is 0 Å². The van der Waals surface area contributed by atoms with Crippen LogP contribution in [0.2, 0.25) is 0 Å². The van der Waals surface area contributed by atoms with Gasteiger partial charge in [-0.25, -0.2) is 4.79 Å². The lowest BCUT2D eigenvalue weighted by atomic mass is 10.1. The molecule has 0 saturated heterocycles. The van der Waals surface area contributed by atoms with E-state index in [1.165, 1.54) is 0 Å². The van der Waals surface area contributed by atoms with E-state index in [-0.39, 0.29) is 12.6 Å². The summed E-state index contributed by atoms with van der Waals surface area (Å²) in [6.07, 6.45) is 1.64. The first-order valence-corrected chi connectivity index (χ1v) is 5.85. The molecule has 18 heavy (non-hydrogen) atoms. The Morgan fingerprint density at radius 2 is 2.11 bits per heavy atom. The molecule has 2 rings (SSSR count). The van der Waals surface area contributed by atoms with E-state index in [2.05, 4.69) is 4.98 Å². The summed E-state index contributed by atoms with van der Waals surface area (Å²) in [7, 11) is 0. The van der Waals surface area contributed by atoms with Crippen molar-refractivity contribution in [3.8, 4) is 0 Å². The van der Waals surface area contributed by atoms with Crippen molar-refractivity contribution in [3.05, 3.63) is 35.5 Å². The van der Waals surface area contributed by atoms with E-state index < -0.39 is 5.60 Å². The Morgan fingerprint density at radius 1 is 1.39 bits per heavy atom. The smallest absolute Gasteiger partial charge is 0.340 e. The number of esters is 1. The summed E-state index contributed by atoms with van der Waals surface area (Å²) in [6, 6.07) is 5.43. The second-order valence-corrected chi connectivity index (χ2v) is 5.24. The largest absolute Gasteiger partial charge is 0.456 e. The minimum absolute atomic E-state index is 0.0171. The number of aromatic amines is 1. The van der Waals surface area contributed by atoms with E-state index >= 15 is 0 Å². The van der Waals surface area contributed by atoms with E-state index in [1.54, 1.807) is 12.3 Å². The molecule has 1 aromatic carbocycles. The monoisotopic (exact) mass is 247 g/mol. The maximum absolute atomic E-state index is 12.0. The first-order valence-electron chi connectivity index (χ1n) is 5.85. The molecule has 1 heterocycles. The van der Waals surface area contributed by atoms with Gasteiger partial charge in [0.05, 0.1) is 12.2 Å². The van der Waals surface area contributed by atoms with Crippen LogP contribution in [0.15, 0.2) is 24.4 Å². The minimum atomic E-state index is -0.508. The highest BCUT2D eigenvalue weighted by Crippen LogP contribution is 2.22. The van der Waals surface area contributed by atoms with Gasteiger partial charge in [-0.3, -0.25) is 0 Å². The summed E-state index contributed by atoms with van der Waals surface area (Å²) in [4.78, 5) is 15.0. The maximum Gasteiger partial charge on any atom is 0.340 e. The molecule has 0 aliphatic rings. The van der Waals surface area contributed by atoms with Crippen molar-refractivity contribution in [2.24, 2.45) is 0 Å². The Balaban J connectivity index is 2.38. The van der Waals surface area contributed by atoms with Gasteiger partial charge in [-0.1, -0.05) is 12.1 Å². The van der Waals surface area contributed by atoms with Crippen molar-refractivity contribution in [1.29, 1.82) is 0 Å². The van der Waals surface area contributed by atoms with Crippen LogP contribution < -0.4 is 0 Å². The average Bonchev–Trinajstić information content (AvgIpc) is 2.69. The number of hydrogen-bond donors (Lipinski definition) is 2. The summed E-state index contributed by atoms with van der Waals surface area (Å²) in [5.74, 6) is -0.342. The molecular weight excluding hydrogens is 230 g/mol. The summed E-state index contributed by atoms with van der Waals surface area (Å²) in [6.45, 7) is 5.49. The molecule has 4 heteroatoms. The van der Waals surface area contributed by atoms with Crippen LogP contribution in [0.5, 0.6) is 0 Å². The zero-order chi connectivity index (χ0) is 13.3. The van der Waals surface area contributed by atoms with Gasteiger partial charge in [-0.15, -0.1) is 0 Å². The fraction of sp³-hybridized carbons (Fsp3) is 0.357. The summed E-state index contributed by atoms with van der Waals surface area (Å²) in [5.41, 5.74) is 1.64.